The van der Waals surface area contributed by atoms with Gasteiger partial charge < -0.3 is 10.4 Å². The lowest BCUT2D eigenvalue weighted by Crippen LogP contribution is -2.33. The highest BCUT2D eigenvalue weighted by atomic mass is 16.2. The van der Waals surface area contributed by atoms with E-state index in [-0.39, 0.29) is 18.6 Å². The average Bonchev–Trinajstić information content (AvgIpc) is 2.35. The highest BCUT2D eigenvalue weighted by molar-refractivity contribution is 5.94. The standard InChI is InChI=1S/C16H21NO2/c1-12(2)10-13(3)17-16(19)15-8-4-6-14(11-15)7-5-9-18/h4,6,8,11-13,18H,9-10H2,1-3H3,(H,17,19). The summed E-state index contributed by atoms with van der Waals surface area (Å²) in [6.07, 6.45) is 0.954. The molecule has 1 amide bonds. The molecule has 0 aliphatic rings. The normalized spacial score (nSPS) is 11.6. The maximum Gasteiger partial charge on any atom is 0.251 e. The predicted molar refractivity (Wildman–Crippen MR) is 76.8 cm³/mol. The van der Waals surface area contributed by atoms with Crippen LogP contribution in [0.4, 0.5) is 0 Å². The van der Waals surface area contributed by atoms with Crippen LogP contribution >= 0.6 is 0 Å². The van der Waals surface area contributed by atoms with Gasteiger partial charge in [0.05, 0.1) is 0 Å². The molecule has 0 saturated heterocycles. The monoisotopic (exact) mass is 259 g/mol. The van der Waals surface area contributed by atoms with E-state index in [4.69, 9.17) is 5.11 Å². The van der Waals surface area contributed by atoms with E-state index in [1.807, 2.05) is 13.0 Å². The lowest BCUT2D eigenvalue weighted by atomic mass is 10.0. The van der Waals surface area contributed by atoms with Gasteiger partial charge in [0.2, 0.25) is 0 Å². The minimum absolute atomic E-state index is 0.0826. The van der Waals surface area contributed by atoms with Crippen LogP contribution in [0, 0.1) is 17.8 Å². The molecule has 1 rings (SSSR count). The van der Waals surface area contributed by atoms with Crippen molar-refractivity contribution >= 4 is 5.91 Å². The topological polar surface area (TPSA) is 49.3 Å². The van der Waals surface area contributed by atoms with Crippen molar-refractivity contribution in [2.45, 2.75) is 33.2 Å². The van der Waals surface area contributed by atoms with E-state index in [1.165, 1.54) is 0 Å². The minimum atomic E-state index is -0.179. The molecule has 1 unspecified atom stereocenters. The third kappa shape index (κ3) is 5.58. The predicted octanol–water partition coefficient (Wildman–Crippen LogP) is 2.19. The SMILES string of the molecule is CC(C)CC(C)NC(=O)c1cccc(C#CCO)c1. The molecule has 3 nitrogen and oxygen atoms in total. The molecule has 1 aromatic rings. The second-order valence-electron chi connectivity index (χ2n) is 5.04. The van der Waals surface area contributed by atoms with Crippen LogP contribution in [0.15, 0.2) is 24.3 Å². The Hall–Kier alpha value is -1.79. The van der Waals surface area contributed by atoms with Crippen LogP contribution in [0.3, 0.4) is 0 Å². The molecule has 0 fully saturated rings. The number of carbonyl (C=O) groups excluding carboxylic acids is 1. The van der Waals surface area contributed by atoms with Crippen molar-refractivity contribution in [1.82, 2.24) is 5.32 Å². The number of carbonyl (C=O) groups is 1. The number of hydrogen-bond acceptors (Lipinski definition) is 2. The Bertz CT molecular complexity index is 483. The molecule has 0 aromatic heterocycles. The Kier molecular flexibility index (Phi) is 6.11. The van der Waals surface area contributed by atoms with E-state index < -0.39 is 0 Å². The van der Waals surface area contributed by atoms with Gasteiger partial charge >= 0.3 is 0 Å². The van der Waals surface area contributed by atoms with E-state index in [2.05, 4.69) is 31.0 Å². The molecule has 0 aliphatic carbocycles. The van der Waals surface area contributed by atoms with Crippen molar-refractivity contribution < 1.29 is 9.90 Å². The second kappa shape index (κ2) is 7.60. The van der Waals surface area contributed by atoms with Gasteiger partial charge in [0.15, 0.2) is 0 Å². The molecule has 0 saturated carbocycles. The zero-order valence-electron chi connectivity index (χ0n) is 11.7. The van der Waals surface area contributed by atoms with Crippen molar-refractivity contribution in [2.24, 2.45) is 5.92 Å². The first-order chi connectivity index (χ1) is 9.02. The van der Waals surface area contributed by atoms with Crippen LogP contribution in [0.1, 0.15) is 43.1 Å². The van der Waals surface area contributed by atoms with Gasteiger partial charge in [-0.1, -0.05) is 31.8 Å². The zero-order valence-corrected chi connectivity index (χ0v) is 11.7. The fraction of sp³-hybridized carbons (Fsp3) is 0.438. The number of hydrogen-bond donors (Lipinski definition) is 2. The molecule has 1 aromatic carbocycles. The Morgan fingerprint density at radius 2 is 2.11 bits per heavy atom. The summed E-state index contributed by atoms with van der Waals surface area (Å²) in [6, 6.07) is 7.27. The second-order valence-corrected chi connectivity index (χ2v) is 5.04. The molecular formula is C16H21NO2. The van der Waals surface area contributed by atoms with E-state index >= 15 is 0 Å². The number of amides is 1. The quantitative estimate of drug-likeness (QED) is 0.814. The maximum atomic E-state index is 12.1. The highest BCUT2D eigenvalue weighted by Crippen LogP contribution is 2.07. The van der Waals surface area contributed by atoms with Crippen molar-refractivity contribution in [3.8, 4) is 11.8 Å². The van der Waals surface area contributed by atoms with E-state index in [0.717, 1.165) is 12.0 Å². The largest absolute Gasteiger partial charge is 0.384 e. The van der Waals surface area contributed by atoms with Gasteiger partial charge in [-0.15, -0.1) is 0 Å². The van der Waals surface area contributed by atoms with Crippen molar-refractivity contribution in [3.05, 3.63) is 35.4 Å². The molecule has 0 bridgehead atoms. The summed E-state index contributed by atoms with van der Waals surface area (Å²) >= 11 is 0. The van der Waals surface area contributed by atoms with Crippen LogP contribution < -0.4 is 5.32 Å². The Morgan fingerprint density at radius 3 is 2.74 bits per heavy atom. The van der Waals surface area contributed by atoms with Gasteiger partial charge in [0.1, 0.15) is 6.61 Å². The van der Waals surface area contributed by atoms with Gasteiger partial charge in [-0.3, -0.25) is 4.79 Å². The number of benzene rings is 1. The number of aliphatic hydroxyl groups excluding tert-OH is 1. The van der Waals surface area contributed by atoms with E-state index in [0.29, 0.717) is 11.5 Å². The minimum Gasteiger partial charge on any atom is -0.384 e. The van der Waals surface area contributed by atoms with Gasteiger partial charge in [0.25, 0.3) is 5.91 Å². The van der Waals surface area contributed by atoms with Crippen LogP contribution in [0.5, 0.6) is 0 Å². The molecule has 1 atom stereocenters. The molecule has 102 valence electrons. The first-order valence-corrected chi connectivity index (χ1v) is 6.53. The summed E-state index contributed by atoms with van der Waals surface area (Å²) in [7, 11) is 0. The number of rotatable bonds is 4. The molecule has 2 N–H and O–H groups in total. The lowest BCUT2D eigenvalue weighted by Gasteiger charge is -2.16. The van der Waals surface area contributed by atoms with Crippen molar-refractivity contribution in [3.63, 3.8) is 0 Å². The summed E-state index contributed by atoms with van der Waals surface area (Å²) < 4.78 is 0. The summed E-state index contributed by atoms with van der Waals surface area (Å²) in [5, 5.41) is 11.6. The summed E-state index contributed by atoms with van der Waals surface area (Å²) in [5.41, 5.74) is 1.33. The van der Waals surface area contributed by atoms with Crippen LogP contribution in [-0.2, 0) is 0 Å². The van der Waals surface area contributed by atoms with Gasteiger partial charge in [-0.25, -0.2) is 0 Å². The molecular weight excluding hydrogens is 238 g/mol. The van der Waals surface area contributed by atoms with Gasteiger partial charge in [-0.05, 0) is 37.5 Å². The fourth-order valence-electron chi connectivity index (χ4n) is 1.95. The van der Waals surface area contributed by atoms with Crippen molar-refractivity contribution in [2.75, 3.05) is 6.61 Å². The van der Waals surface area contributed by atoms with Crippen LogP contribution in [0.2, 0.25) is 0 Å². The first-order valence-electron chi connectivity index (χ1n) is 6.53. The smallest absolute Gasteiger partial charge is 0.251 e. The number of aliphatic hydroxyl groups is 1. The third-order valence-corrected chi connectivity index (χ3v) is 2.64. The number of nitrogens with one attached hydrogen (secondary N) is 1. The van der Waals surface area contributed by atoms with Crippen LogP contribution in [0.25, 0.3) is 0 Å². The molecule has 19 heavy (non-hydrogen) atoms. The average molecular weight is 259 g/mol. The van der Waals surface area contributed by atoms with Gasteiger partial charge in [-0.2, -0.15) is 0 Å². The van der Waals surface area contributed by atoms with E-state index in [9.17, 15) is 4.79 Å². The third-order valence-electron chi connectivity index (χ3n) is 2.64. The van der Waals surface area contributed by atoms with Crippen molar-refractivity contribution in [1.29, 1.82) is 0 Å². The summed E-state index contributed by atoms with van der Waals surface area (Å²) in [6.45, 7) is 6.09. The summed E-state index contributed by atoms with van der Waals surface area (Å²) in [4.78, 5) is 12.1. The highest BCUT2D eigenvalue weighted by Gasteiger charge is 2.11. The fourth-order valence-corrected chi connectivity index (χ4v) is 1.95. The molecule has 3 heteroatoms. The maximum absolute atomic E-state index is 12.1. The van der Waals surface area contributed by atoms with E-state index in [1.54, 1.807) is 18.2 Å². The first kappa shape index (κ1) is 15.3. The molecule has 0 aliphatic heterocycles. The van der Waals surface area contributed by atoms with Gasteiger partial charge in [0, 0.05) is 17.2 Å². The van der Waals surface area contributed by atoms with Crippen LogP contribution in [-0.4, -0.2) is 23.7 Å². The zero-order chi connectivity index (χ0) is 14.3. The molecule has 0 heterocycles. The lowest BCUT2D eigenvalue weighted by molar-refractivity contribution is 0.0936. The molecule has 0 spiro atoms. The summed E-state index contributed by atoms with van der Waals surface area (Å²) in [5.74, 6) is 5.84. The Morgan fingerprint density at radius 1 is 1.37 bits per heavy atom. The Labute approximate surface area is 115 Å². The molecule has 0 radical (unpaired) electrons. The Balaban J connectivity index is 2.71.